The molecule has 2 nitrogen and oxygen atoms in total. The zero-order valence-electron chi connectivity index (χ0n) is 11.1. The Kier molecular flexibility index (Phi) is 3.72. The number of rotatable bonds is 2. The summed E-state index contributed by atoms with van der Waals surface area (Å²) in [6.07, 6.45) is 2.22. The molecule has 1 aliphatic heterocycles. The highest BCUT2D eigenvalue weighted by atomic mass is 16.5. The molecule has 0 unspecified atom stereocenters. The maximum absolute atomic E-state index is 5.38. The quantitative estimate of drug-likeness (QED) is 0.843. The van der Waals surface area contributed by atoms with E-state index in [-0.39, 0.29) is 5.41 Å². The van der Waals surface area contributed by atoms with E-state index in [1.165, 1.54) is 11.3 Å². The zero-order valence-corrected chi connectivity index (χ0v) is 11.1. The van der Waals surface area contributed by atoms with E-state index in [9.17, 15) is 0 Å². The lowest BCUT2D eigenvalue weighted by Crippen LogP contribution is -2.28. The highest BCUT2D eigenvalue weighted by Gasteiger charge is 2.16. The normalized spacial score (nSPS) is 18.1. The molecule has 0 aromatic heterocycles. The van der Waals surface area contributed by atoms with Crippen molar-refractivity contribution >= 4 is 5.69 Å². The topological polar surface area (TPSA) is 21.3 Å². The van der Waals surface area contributed by atoms with Gasteiger partial charge < -0.3 is 10.1 Å². The molecule has 0 spiro atoms. The van der Waals surface area contributed by atoms with Crippen molar-refractivity contribution in [2.24, 2.45) is 0 Å². The van der Waals surface area contributed by atoms with E-state index in [1.54, 1.807) is 0 Å². The summed E-state index contributed by atoms with van der Waals surface area (Å²) in [4.78, 5) is 0. The van der Waals surface area contributed by atoms with Crippen LogP contribution in [0.1, 0.15) is 39.2 Å². The van der Waals surface area contributed by atoms with Gasteiger partial charge in [0.05, 0.1) is 0 Å². The van der Waals surface area contributed by atoms with Crippen molar-refractivity contribution in [2.75, 3.05) is 18.5 Å². The molecule has 0 amide bonds. The summed E-state index contributed by atoms with van der Waals surface area (Å²) in [6, 6.07) is 9.34. The fourth-order valence-corrected chi connectivity index (χ4v) is 2.15. The number of hydrogen-bond donors (Lipinski definition) is 1. The monoisotopic (exact) mass is 233 g/mol. The Morgan fingerprint density at radius 2 is 1.88 bits per heavy atom. The maximum Gasteiger partial charge on any atom is 0.0485 e. The lowest BCUT2D eigenvalue weighted by atomic mass is 9.87. The Morgan fingerprint density at radius 3 is 2.53 bits per heavy atom. The first-order chi connectivity index (χ1) is 8.05. The molecule has 1 aromatic rings. The number of anilines is 1. The minimum atomic E-state index is 0.216. The predicted octanol–water partition coefficient (Wildman–Crippen LogP) is 3.58. The Bertz CT molecular complexity index is 361. The van der Waals surface area contributed by atoms with Gasteiger partial charge in [0.25, 0.3) is 0 Å². The van der Waals surface area contributed by atoms with Crippen LogP contribution in [0.4, 0.5) is 5.69 Å². The summed E-state index contributed by atoms with van der Waals surface area (Å²) in [7, 11) is 0. The molecule has 1 aliphatic rings. The van der Waals surface area contributed by atoms with E-state index in [4.69, 9.17) is 4.74 Å². The summed E-state index contributed by atoms with van der Waals surface area (Å²) in [5, 5.41) is 3.61. The summed E-state index contributed by atoms with van der Waals surface area (Å²) in [5.74, 6) is 0. The standard InChI is InChI=1S/C15H23NO/c1-15(2,3)12-5-4-6-14(11-12)16-13-7-9-17-10-8-13/h4-6,11,13,16H,7-10H2,1-3H3. The number of ether oxygens (including phenoxy) is 1. The molecule has 1 aromatic carbocycles. The van der Waals surface area contributed by atoms with Crippen molar-refractivity contribution in [3.05, 3.63) is 29.8 Å². The maximum atomic E-state index is 5.38. The van der Waals surface area contributed by atoms with E-state index in [2.05, 4.69) is 50.4 Å². The van der Waals surface area contributed by atoms with Crippen LogP contribution in [0.15, 0.2) is 24.3 Å². The fourth-order valence-electron chi connectivity index (χ4n) is 2.15. The van der Waals surface area contributed by atoms with Crippen LogP contribution < -0.4 is 5.32 Å². The van der Waals surface area contributed by atoms with E-state index in [1.807, 2.05) is 0 Å². The molecule has 2 heteroatoms. The first-order valence-electron chi connectivity index (χ1n) is 6.50. The fraction of sp³-hybridized carbons (Fsp3) is 0.600. The second-order valence-corrected chi connectivity index (χ2v) is 5.86. The van der Waals surface area contributed by atoms with E-state index in [0.717, 1.165) is 26.1 Å². The Balaban J connectivity index is 2.05. The highest BCUT2D eigenvalue weighted by molar-refractivity contribution is 5.48. The molecule has 17 heavy (non-hydrogen) atoms. The summed E-state index contributed by atoms with van der Waals surface area (Å²) in [5.41, 5.74) is 2.84. The third kappa shape index (κ3) is 3.47. The molecule has 1 saturated heterocycles. The van der Waals surface area contributed by atoms with Gasteiger partial charge in [-0.25, -0.2) is 0 Å². The Morgan fingerprint density at radius 1 is 1.18 bits per heavy atom. The highest BCUT2D eigenvalue weighted by Crippen LogP contribution is 2.25. The van der Waals surface area contributed by atoms with Crippen LogP contribution in [0, 0.1) is 0 Å². The summed E-state index contributed by atoms with van der Waals surface area (Å²) in [6.45, 7) is 8.52. The number of nitrogens with one attached hydrogen (secondary N) is 1. The summed E-state index contributed by atoms with van der Waals surface area (Å²) >= 11 is 0. The first kappa shape index (κ1) is 12.4. The molecule has 94 valence electrons. The van der Waals surface area contributed by atoms with E-state index in [0.29, 0.717) is 6.04 Å². The average Bonchev–Trinajstić information content (AvgIpc) is 2.29. The van der Waals surface area contributed by atoms with Gasteiger partial charge in [-0.1, -0.05) is 32.9 Å². The Labute approximate surface area is 104 Å². The van der Waals surface area contributed by atoms with E-state index >= 15 is 0 Å². The van der Waals surface area contributed by atoms with Gasteiger partial charge in [0, 0.05) is 24.9 Å². The molecule has 1 heterocycles. The van der Waals surface area contributed by atoms with Crippen LogP contribution >= 0.6 is 0 Å². The van der Waals surface area contributed by atoms with Gasteiger partial charge in [0.2, 0.25) is 0 Å². The molecule has 1 fully saturated rings. The first-order valence-corrected chi connectivity index (χ1v) is 6.50. The predicted molar refractivity (Wildman–Crippen MR) is 72.6 cm³/mol. The molecule has 0 saturated carbocycles. The minimum absolute atomic E-state index is 0.216. The van der Waals surface area contributed by atoms with Gasteiger partial charge in [-0.2, -0.15) is 0 Å². The molecular weight excluding hydrogens is 210 g/mol. The molecule has 0 atom stereocenters. The van der Waals surface area contributed by atoms with Crippen LogP contribution in [0.3, 0.4) is 0 Å². The average molecular weight is 233 g/mol. The van der Waals surface area contributed by atoms with Crippen molar-refractivity contribution in [2.45, 2.75) is 45.1 Å². The van der Waals surface area contributed by atoms with Crippen LogP contribution in [0.5, 0.6) is 0 Å². The van der Waals surface area contributed by atoms with Gasteiger partial charge >= 0.3 is 0 Å². The van der Waals surface area contributed by atoms with Crippen LogP contribution in [-0.4, -0.2) is 19.3 Å². The van der Waals surface area contributed by atoms with Crippen molar-refractivity contribution in [3.63, 3.8) is 0 Å². The van der Waals surface area contributed by atoms with Gasteiger partial charge in [0.15, 0.2) is 0 Å². The van der Waals surface area contributed by atoms with Crippen LogP contribution in [0.2, 0.25) is 0 Å². The van der Waals surface area contributed by atoms with Crippen LogP contribution in [-0.2, 0) is 10.2 Å². The van der Waals surface area contributed by atoms with Gasteiger partial charge in [-0.15, -0.1) is 0 Å². The third-order valence-corrected chi connectivity index (χ3v) is 3.32. The number of hydrogen-bond acceptors (Lipinski definition) is 2. The molecular formula is C15H23NO. The molecule has 2 rings (SSSR count). The molecule has 0 bridgehead atoms. The van der Waals surface area contributed by atoms with Crippen LogP contribution in [0.25, 0.3) is 0 Å². The SMILES string of the molecule is CC(C)(C)c1cccc(NC2CCOCC2)c1. The minimum Gasteiger partial charge on any atom is -0.382 e. The van der Waals surface area contributed by atoms with E-state index < -0.39 is 0 Å². The van der Waals surface area contributed by atoms with Gasteiger partial charge in [-0.3, -0.25) is 0 Å². The van der Waals surface area contributed by atoms with Crippen molar-refractivity contribution in [1.29, 1.82) is 0 Å². The largest absolute Gasteiger partial charge is 0.382 e. The zero-order chi connectivity index (χ0) is 12.3. The van der Waals surface area contributed by atoms with Crippen molar-refractivity contribution in [1.82, 2.24) is 0 Å². The van der Waals surface area contributed by atoms with Crippen molar-refractivity contribution < 1.29 is 4.74 Å². The molecule has 0 aliphatic carbocycles. The number of benzene rings is 1. The molecule has 1 N–H and O–H groups in total. The lowest BCUT2D eigenvalue weighted by molar-refractivity contribution is 0.0904. The van der Waals surface area contributed by atoms with Gasteiger partial charge in [-0.05, 0) is 36.0 Å². The van der Waals surface area contributed by atoms with Gasteiger partial charge in [0.1, 0.15) is 0 Å². The van der Waals surface area contributed by atoms with Crippen molar-refractivity contribution in [3.8, 4) is 0 Å². The second-order valence-electron chi connectivity index (χ2n) is 5.86. The smallest absolute Gasteiger partial charge is 0.0485 e. The lowest BCUT2D eigenvalue weighted by Gasteiger charge is -2.25. The summed E-state index contributed by atoms with van der Waals surface area (Å²) < 4.78 is 5.38. The molecule has 0 radical (unpaired) electrons. The second kappa shape index (κ2) is 5.09. The Hall–Kier alpha value is -1.02. The third-order valence-electron chi connectivity index (χ3n) is 3.32.